The predicted octanol–water partition coefficient (Wildman–Crippen LogP) is 1.38. The first-order valence-electron chi connectivity index (χ1n) is 5.19. The molecule has 0 saturated heterocycles. The van der Waals surface area contributed by atoms with E-state index in [9.17, 15) is 9.59 Å². The largest absolute Gasteiger partial charge is 0.500 e. The second-order valence-electron chi connectivity index (χ2n) is 4.54. The van der Waals surface area contributed by atoms with Crippen LogP contribution in [-0.2, 0) is 14.3 Å². The summed E-state index contributed by atoms with van der Waals surface area (Å²) in [6, 6.07) is 0. The van der Waals surface area contributed by atoms with Gasteiger partial charge in [-0.3, -0.25) is 4.79 Å². The van der Waals surface area contributed by atoms with Gasteiger partial charge in [-0.2, -0.15) is 0 Å². The van der Waals surface area contributed by atoms with Gasteiger partial charge < -0.3 is 14.8 Å². The van der Waals surface area contributed by atoms with E-state index in [0.29, 0.717) is 18.6 Å². The topological polar surface area (TPSA) is 64.6 Å². The molecule has 0 radical (unpaired) electrons. The first kappa shape index (κ1) is 12.5. The Labute approximate surface area is 94.8 Å². The zero-order valence-corrected chi connectivity index (χ0v) is 9.83. The number of ether oxygens (including phenoxy) is 2. The van der Waals surface area contributed by atoms with Crippen LogP contribution in [0.2, 0.25) is 0 Å². The molecule has 0 unspecified atom stereocenters. The van der Waals surface area contributed by atoms with Crippen molar-refractivity contribution >= 4 is 11.9 Å². The van der Waals surface area contributed by atoms with E-state index >= 15 is 0 Å². The summed E-state index contributed by atoms with van der Waals surface area (Å²) in [5.74, 6) is -0.136. The maximum Gasteiger partial charge on any atom is 0.408 e. The number of hydrogen-bond donors (Lipinski definition) is 1. The van der Waals surface area contributed by atoms with Crippen LogP contribution >= 0.6 is 0 Å². The molecule has 0 atom stereocenters. The Bertz CT molecular complexity index is 314. The fraction of sp³-hybridized carbons (Fsp3) is 0.636. The van der Waals surface area contributed by atoms with E-state index in [1.807, 2.05) is 0 Å². The standard InChI is InChI=1S/C11H17NO4/c1-11(2,3)16-10(14)12-6-9(13)8-4-5-15-7-8/h7H,4-6H2,1-3H3,(H,12,14). The highest BCUT2D eigenvalue weighted by Crippen LogP contribution is 2.11. The van der Waals surface area contributed by atoms with Crippen LogP contribution in [0, 0.1) is 0 Å². The Morgan fingerprint density at radius 1 is 1.50 bits per heavy atom. The third-order valence-corrected chi connectivity index (χ3v) is 1.87. The Hall–Kier alpha value is -1.52. The Morgan fingerprint density at radius 2 is 2.19 bits per heavy atom. The fourth-order valence-corrected chi connectivity index (χ4v) is 1.17. The minimum absolute atomic E-state index is 0.0515. The number of ketones is 1. The third-order valence-electron chi connectivity index (χ3n) is 1.87. The van der Waals surface area contributed by atoms with E-state index in [1.165, 1.54) is 6.26 Å². The molecule has 90 valence electrons. The van der Waals surface area contributed by atoms with E-state index in [-0.39, 0.29) is 12.3 Å². The average molecular weight is 227 g/mol. The molecule has 0 aliphatic carbocycles. The highest BCUT2D eigenvalue weighted by atomic mass is 16.6. The van der Waals surface area contributed by atoms with Gasteiger partial charge in [-0.25, -0.2) is 4.79 Å². The number of carbonyl (C=O) groups is 2. The number of nitrogens with one attached hydrogen (secondary N) is 1. The molecule has 1 aliphatic rings. The molecule has 5 nitrogen and oxygen atoms in total. The molecule has 1 rings (SSSR count). The lowest BCUT2D eigenvalue weighted by atomic mass is 10.1. The summed E-state index contributed by atoms with van der Waals surface area (Å²) in [5, 5.41) is 2.41. The predicted molar refractivity (Wildman–Crippen MR) is 57.9 cm³/mol. The second kappa shape index (κ2) is 5.01. The third kappa shape index (κ3) is 4.33. The fourth-order valence-electron chi connectivity index (χ4n) is 1.17. The van der Waals surface area contributed by atoms with E-state index < -0.39 is 11.7 Å². The minimum atomic E-state index is -0.583. The van der Waals surface area contributed by atoms with E-state index in [1.54, 1.807) is 20.8 Å². The van der Waals surface area contributed by atoms with E-state index in [4.69, 9.17) is 9.47 Å². The highest BCUT2D eigenvalue weighted by molar-refractivity contribution is 5.98. The normalized spacial score (nSPS) is 15.1. The molecule has 5 heteroatoms. The van der Waals surface area contributed by atoms with Crippen molar-refractivity contribution in [2.24, 2.45) is 0 Å². The summed E-state index contributed by atoms with van der Waals surface area (Å²) in [6.07, 6.45) is 1.47. The molecule has 16 heavy (non-hydrogen) atoms. The molecule has 1 heterocycles. The SMILES string of the molecule is CC(C)(C)OC(=O)NCC(=O)C1=COCC1. The van der Waals surface area contributed by atoms with Crippen LogP contribution in [0.4, 0.5) is 4.79 Å². The zero-order valence-electron chi connectivity index (χ0n) is 9.83. The number of rotatable bonds is 3. The Balaban J connectivity index is 2.29. The van der Waals surface area contributed by atoms with Crippen LogP contribution < -0.4 is 5.32 Å². The number of hydrogen-bond acceptors (Lipinski definition) is 4. The average Bonchev–Trinajstić information content (AvgIpc) is 2.64. The van der Waals surface area contributed by atoms with Crippen molar-refractivity contribution in [3.8, 4) is 0 Å². The van der Waals surface area contributed by atoms with Crippen LogP contribution in [0.3, 0.4) is 0 Å². The van der Waals surface area contributed by atoms with Gasteiger partial charge in [0.05, 0.1) is 19.4 Å². The van der Waals surface area contributed by atoms with Crippen molar-refractivity contribution in [3.63, 3.8) is 0 Å². The highest BCUT2D eigenvalue weighted by Gasteiger charge is 2.18. The molecule has 0 fully saturated rings. The van der Waals surface area contributed by atoms with Gasteiger partial charge in [-0.1, -0.05) is 0 Å². The maximum atomic E-state index is 11.5. The van der Waals surface area contributed by atoms with E-state index in [2.05, 4.69) is 5.32 Å². The van der Waals surface area contributed by atoms with Crippen LogP contribution in [0.15, 0.2) is 11.8 Å². The summed E-state index contributed by atoms with van der Waals surface area (Å²) >= 11 is 0. The first-order valence-corrected chi connectivity index (χ1v) is 5.19. The molecule has 0 bridgehead atoms. The van der Waals surface area contributed by atoms with E-state index in [0.717, 1.165) is 0 Å². The van der Waals surface area contributed by atoms with Crippen molar-refractivity contribution in [3.05, 3.63) is 11.8 Å². The van der Waals surface area contributed by atoms with Gasteiger partial charge in [0.25, 0.3) is 0 Å². The number of amides is 1. The molecule has 0 spiro atoms. The molecular weight excluding hydrogens is 210 g/mol. The Kier molecular flexibility index (Phi) is 3.93. The molecule has 1 aliphatic heterocycles. The van der Waals surface area contributed by atoms with Crippen LogP contribution in [0.5, 0.6) is 0 Å². The summed E-state index contributed by atoms with van der Waals surface area (Å²) in [5.41, 5.74) is 0.0548. The van der Waals surface area contributed by atoms with Crippen LogP contribution in [0.1, 0.15) is 27.2 Å². The van der Waals surface area contributed by atoms with Crippen molar-refractivity contribution in [2.45, 2.75) is 32.8 Å². The maximum absolute atomic E-state index is 11.5. The molecular formula is C11H17NO4. The van der Waals surface area contributed by atoms with Crippen molar-refractivity contribution < 1.29 is 19.1 Å². The lowest BCUT2D eigenvalue weighted by Crippen LogP contribution is -2.35. The quantitative estimate of drug-likeness (QED) is 0.791. The van der Waals surface area contributed by atoms with Gasteiger partial charge in [-0.15, -0.1) is 0 Å². The summed E-state index contributed by atoms with van der Waals surface area (Å²) in [4.78, 5) is 22.7. The van der Waals surface area contributed by atoms with Gasteiger partial charge in [0.2, 0.25) is 0 Å². The Morgan fingerprint density at radius 3 is 2.69 bits per heavy atom. The van der Waals surface area contributed by atoms with Crippen LogP contribution in [0.25, 0.3) is 0 Å². The number of carbonyl (C=O) groups excluding carboxylic acids is 2. The van der Waals surface area contributed by atoms with Gasteiger partial charge in [0, 0.05) is 12.0 Å². The molecule has 0 aromatic heterocycles. The second-order valence-corrected chi connectivity index (χ2v) is 4.54. The molecule has 0 aromatic carbocycles. The summed E-state index contributed by atoms with van der Waals surface area (Å²) in [6.45, 7) is 5.78. The minimum Gasteiger partial charge on any atom is -0.500 e. The monoisotopic (exact) mass is 227 g/mol. The number of alkyl carbamates (subject to hydrolysis) is 1. The zero-order chi connectivity index (χ0) is 12.2. The first-order chi connectivity index (χ1) is 7.38. The summed E-state index contributed by atoms with van der Waals surface area (Å²) < 4.78 is 9.94. The molecule has 1 N–H and O–H groups in total. The van der Waals surface area contributed by atoms with Crippen molar-refractivity contribution in [1.29, 1.82) is 0 Å². The summed E-state index contributed by atoms with van der Waals surface area (Å²) in [7, 11) is 0. The van der Waals surface area contributed by atoms with Gasteiger partial charge in [0.15, 0.2) is 5.78 Å². The molecule has 0 saturated carbocycles. The molecule has 0 aromatic rings. The lowest BCUT2D eigenvalue weighted by Gasteiger charge is -2.19. The van der Waals surface area contributed by atoms with Crippen molar-refractivity contribution in [2.75, 3.05) is 13.2 Å². The van der Waals surface area contributed by atoms with Gasteiger partial charge >= 0.3 is 6.09 Å². The van der Waals surface area contributed by atoms with Gasteiger partial charge in [0.1, 0.15) is 5.60 Å². The lowest BCUT2D eigenvalue weighted by molar-refractivity contribution is -0.114. The smallest absolute Gasteiger partial charge is 0.408 e. The van der Waals surface area contributed by atoms with Crippen LogP contribution in [-0.4, -0.2) is 30.6 Å². The van der Waals surface area contributed by atoms with Crippen molar-refractivity contribution in [1.82, 2.24) is 5.32 Å². The number of Topliss-reactive ketones (excluding diaryl/α,β-unsaturated/α-hetero) is 1. The molecule has 1 amide bonds. The van der Waals surface area contributed by atoms with Gasteiger partial charge in [-0.05, 0) is 20.8 Å².